The first kappa shape index (κ1) is 19.9. The van der Waals surface area contributed by atoms with Crippen LogP contribution in [-0.4, -0.2) is 63.8 Å². The van der Waals surface area contributed by atoms with Gasteiger partial charge >= 0.3 is 5.69 Å². The monoisotopic (exact) mass is 385 g/mol. The zero-order chi connectivity index (χ0) is 20.4. The second-order valence-corrected chi connectivity index (χ2v) is 7.66. The predicted octanol–water partition coefficient (Wildman–Crippen LogP) is 1.92. The van der Waals surface area contributed by atoms with Gasteiger partial charge in [0.05, 0.1) is 5.52 Å². The Balaban J connectivity index is 1.57. The lowest BCUT2D eigenvalue weighted by molar-refractivity contribution is -0.134. The number of carbonyl (C=O) groups is 2. The van der Waals surface area contributed by atoms with Gasteiger partial charge in [-0.05, 0) is 45.2 Å². The zero-order valence-electron chi connectivity index (χ0n) is 16.8. The van der Waals surface area contributed by atoms with Gasteiger partial charge in [0.2, 0.25) is 5.91 Å². The highest BCUT2D eigenvalue weighted by atomic mass is 16.2. The average Bonchev–Trinajstić information content (AvgIpc) is 3.05. The number of aromatic nitrogens is 3. The van der Waals surface area contributed by atoms with Gasteiger partial charge in [-0.25, -0.2) is 9.78 Å². The summed E-state index contributed by atoms with van der Waals surface area (Å²) in [4.78, 5) is 49.2. The summed E-state index contributed by atoms with van der Waals surface area (Å²) in [5.41, 5.74) is 3.51. The molecule has 2 amide bonds. The Bertz CT molecular complexity index is 987. The molecule has 28 heavy (non-hydrogen) atoms. The topological polar surface area (TPSA) is 102 Å². The second-order valence-electron chi connectivity index (χ2n) is 7.66. The number of pyridine rings is 1. The smallest absolute Gasteiger partial charge is 0.325 e. The van der Waals surface area contributed by atoms with Crippen molar-refractivity contribution in [2.75, 3.05) is 27.2 Å². The number of allylic oxidation sites excluding steroid dienone is 2. The molecule has 0 radical (unpaired) electrons. The van der Waals surface area contributed by atoms with Crippen molar-refractivity contribution in [3.8, 4) is 0 Å². The summed E-state index contributed by atoms with van der Waals surface area (Å²) in [6.45, 7) is 5.10. The molecule has 0 spiro atoms. The highest BCUT2D eigenvalue weighted by Crippen LogP contribution is 2.29. The molecule has 150 valence electrons. The van der Waals surface area contributed by atoms with Crippen LogP contribution in [-0.2, 0) is 4.79 Å². The van der Waals surface area contributed by atoms with Gasteiger partial charge in [-0.3, -0.25) is 14.6 Å². The molecule has 2 aromatic heterocycles. The summed E-state index contributed by atoms with van der Waals surface area (Å²) in [6.07, 6.45) is 2.69. The minimum absolute atomic E-state index is 0.0317. The molecule has 1 aliphatic rings. The number of rotatable bonds is 5. The van der Waals surface area contributed by atoms with Gasteiger partial charge in [-0.2, -0.15) is 0 Å². The molecular formula is C20H27N5O3. The Labute approximate surface area is 163 Å². The van der Waals surface area contributed by atoms with Crippen LogP contribution in [0.1, 0.15) is 43.6 Å². The molecule has 0 fully saturated rings. The summed E-state index contributed by atoms with van der Waals surface area (Å²) < 4.78 is 0. The molecule has 3 rings (SSSR count). The number of aromatic amines is 2. The lowest BCUT2D eigenvalue weighted by Gasteiger charge is -2.29. The van der Waals surface area contributed by atoms with Crippen LogP contribution >= 0.6 is 0 Å². The van der Waals surface area contributed by atoms with E-state index in [1.165, 1.54) is 11.1 Å². The minimum Gasteiger partial charge on any atom is -0.344 e. The number of fused-ring (bicyclic) bond motifs is 1. The Hall–Kier alpha value is -2.90. The summed E-state index contributed by atoms with van der Waals surface area (Å²) >= 11 is 0. The van der Waals surface area contributed by atoms with Gasteiger partial charge in [-0.15, -0.1) is 0 Å². The molecule has 8 heteroatoms. The van der Waals surface area contributed by atoms with Crippen LogP contribution in [0.15, 0.2) is 28.1 Å². The molecular weight excluding hydrogens is 358 g/mol. The quantitative estimate of drug-likeness (QED) is 0.768. The molecule has 8 nitrogen and oxygen atoms in total. The van der Waals surface area contributed by atoms with E-state index in [-0.39, 0.29) is 29.1 Å². The Kier molecular flexibility index (Phi) is 5.67. The molecule has 0 bridgehead atoms. The van der Waals surface area contributed by atoms with Gasteiger partial charge in [0, 0.05) is 33.1 Å². The number of hydrogen-bond acceptors (Lipinski definition) is 4. The third kappa shape index (κ3) is 4.16. The average molecular weight is 385 g/mol. The van der Waals surface area contributed by atoms with Gasteiger partial charge in [-0.1, -0.05) is 11.1 Å². The second kappa shape index (κ2) is 8.00. The first-order chi connectivity index (χ1) is 13.3. The van der Waals surface area contributed by atoms with Crippen molar-refractivity contribution in [3.05, 3.63) is 39.5 Å². The number of carbonyl (C=O) groups excluding carboxylic acids is 2. The number of amides is 2. The first-order valence-corrected chi connectivity index (χ1v) is 9.51. The van der Waals surface area contributed by atoms with E-state index in [4.69, 9.17) is 0 Å². The van der Waals surface area contributed by atoms with Crippen molar-refractivity contribution in [2.24, 2.45) is 5.92 Å². The summed E-state index contributed by atoms with van der Waals surface area (Å²) in [6, 6.07) is 3.23. The van der Waals surface area contributed by atoms with Crippen molar-refractivity contribution in [1.29, 1.82) is 0 Å². The van der Waals surface area contributed by atoms with E-state index in [2.05, 4.69) is 28.8 Å². The Morgan fingerprint density at radius 3 is 2.54 bits per heavy atom. The molecule has 0 saturated carbocycles. The lowest BCUT2D eigenvalue weighted by Crippen LogP contribution is -2.40. The number of nitrogens with one attached hydrogen (secondary N) is 2. The molecule has 1 atom stereocenters. The molecule has 2 aromatic rings. The molecule has 0 unspecified atom stereocenters. The zero-order valence-corrected chi connectivity index (χ0v) is 16.8. The molecule has 2 N–H and O–H groups in total. The highest BCUT2D eigenvalue weighted by Gasteiger charge is 2.26. The highest BCUT2D eigenvalue weighted by molar-refractivity contribution is 5.93. The van der Waals surface area contributed by atoms with Crippen molar-refractivity contribution in [2.45, 2.75) is 33.1 Å². The normalized spacial score (nSPS) is 17.1. The summed E-state index contributed by atoms with van der Waals surface area (Å²) in [7, 11) is 3.47. The van der Waals surface area contributed by atoms with Crippen LogP contribution in [0, 0.1) is 5.92 Å². The van der Waals surface area contributed by atoms with E-state index in [9.17, 15) is 14.4 Å². The third-order valence-corrected chi connectivity index (χ3v) is 5.59. The fraction of sp³-hybridized carbons (Fsp3) is 0.500. The summed E-state index contributed by atoms with van der Waals surface area (Å²) in [5, 5.41) is 0. The van der Waals surface area contributed by atoms with Gasteiger partial charge in [0.25, 0.3) is 5.91 Å². The van der Waals surface area contributed by atoms with E-state index >= 15 is 0 Å². The van der Waals surface area contributed by atoms with Crippen molar-refractivity contribution < 1.29 is 9.59 Å². The number of nitrogens with zero attached hydrogens (tertiary/aromatic N) is 3. The largest absolute Gasteiger partial charge is 0.344 e. The summed E-state index contributed by atoms with van der Waals surface area (Å²) in [5.74, 6) is -0.0850. The van der Waals surface area contributed by atoms with Crippen LogP contribution in [0.2, 0.25) is 0 Å². The fourth-order valence-electron chi connectivity index (χ4n) is 3.52. The van der Waals surface area contributed by atoms with Crippen molar-refractivity contribution in [1.82, 2.24) is 24.8 Å². The van der Waals surface area contributed by atoms with Crippen LogP contribution < -0.4 is 5.69 Å². The molecule has 1 aliphatic carbocycles. The third-order valence-electron chi connectivity index (χ3n) is 5.59. The predicted molar refractivity (Wildman–Crippen MR) is 107 cm³/mol. The van der Waals surface area contributed by atoms with Gasteiger partial charge < -0.3 is 14.8 Å². The Morgan fingerprint density at radius 1 is 1.11 bits per heavy atom. The van der Waals surface area contributed by atoms with E-state index in [1.807, 2.05) is 0 Å². The van der Waals surface area contributed by atoms with E-state index in [0.717, 1.165) is 19.3 Å². The van der Waals surface area contributed by atoms with Gasteiger partial charge in [0.1, 0.15) is 5.69 Å². The molecule has 2 heterocycles. The van der Waals surface area contributed by atoms with E-state index in [1.54, 1.807) is 36.0 Å². The van der Waals surface area contributed by atoms with E-state index in [0.29, 0.717) is 24.3 Å². The van der Waals surface area contributed by atoms with Crippen LogP contribution in [0.25, 0.3) is 11.2 Å². The maximum absolute atomic E-state index is 12.7. The minimum atomic E-state index is -0.358. The molecule has 0 aliphatic heterocycles. The number of hydrogen-bond donors (Lipinski definition) is 2. The van der Waals surface area contributed by atoms with Crippen LogP contribution in [0.3, 0.4) is 0 Å². The standard InChI is InChI=1S/C20H27N5O3/c1-12-5-6-14(11-13(12)2)18(26)24(3)9-10-25(4)19(27)16-8-7-15-17(21-16)23-20(28)22-15/h7-8,14H,5-6,9-11H2,1-4H3,(H2,21,22,23,28)/t14-/m0/s1. The van der Waals surface area contributed by atoms with Crippen molar-refractivity contribution in [3.63, 3.8) is 0 Å². The number of H-pyrrole nitrogens is 2. The van der Waals surface area contributed by atoms with Crippen LogP contribution in [0.4, 0.5) is 0 Å². The number of likely N-dealkylation sites (N-methyl/N-ethyl adjacent to an activating group) is 2. The van der Waals surface area contributed by atoms with Gasteiger partial charge in [0.15, 0.2) is 5.65 Å². The van der Waals surface area contributed by atoms with E-state index < -0.39 is 0 Å². The maximum Gasteiger partial charge on any atom is 0.325 e. The first-order valence-electron chi connectivity index (χ1n) is 9.51. The molecule has 0 saturated heterocycles. The lowest BCUT2D eigenvalue weighted by atomic mass is 9.84. The molecule has 0 aromatic carbocycles. The van der Waals surface area contributed by atoms with Crippen LogP contribution in [0.5, 0.6) is 0 Å². The SMILES string of the molecule is CC1=C(C)C[C@@H](C(=O)N(C)CCN(C)C(=O)c2ccc3[nH]c(=O)[nH]c3n2)CC1. The maximum atomic E-state index is 12.7. The Morgan fingerprint density at radius 2 is 1.82 bits per heavy atom. The fourth-order valence-corrected chi connectivity index (χ4v) is 3.52. The van der Waals surface area contributed by atoms with Crippen molar-refractivity contribution >= 4 is 23.0 Å². The number of imidazole rings is 1.